The van der Waals surface area contributed by atoms with E-state index >= 15 is 0 Å². The lowest BCUT2D eigenvalue weighted by atomic mass is 9.70. The Labute approximate surface area is 370 Å². The van der Waals surface area contributed by atoms with Crippen molar-refractivity contribution in [3.63, 3.8) is 0 Å². The summed E-state index contributed by atoms with van der Waals surface area (Å²) in [6, 6.07) is 80.9. The maximum absolute atomic E-state index is 6.58. The van der Waals surface area contributed by atoms with Crippen molar-refractivity contribution in [2.24, 2.45) is 0 Å². The van der Waals surface area contributed by atoms with Crippen molar-refractivity contribution in [2.45, 2.75) is 12.3 Å². The molecule has 2 aliphatic rings. The Balaban J connectivity index is 1.05. The van der Waals surface area contributed by atoms with Gasteiger partial charge >= 0.3 is 0 Å². The van der Waals surface area contributed by atoms with Crippen molar-refractivity contribution in [3.05, 3.63) is 246 Å². The van der Waals surface area contributed by atoms with Crippen molar-refractivity contribution in [1.82, 2.24) is 0 Å². The second kappa shape index (κ2) is 13.2. The standard InChI is InChI=1S/C62H39NO/c1-38-36-39(32-34-41(38)50-24-14-25-51-49-22-9-13-31-59(49)64-61(50)51)63(40-33-35-46-44-18-3-2-16-42(44)43-17-4-5-19-45(43)53(46)37-40)58-30-15-29-57-60(58)52-23-8-12-28-56(52)62(57)54-26-10-6-20-47(54)48-21-7-11-27-55(48)62/h2-37H,1H3. The summed E-state index contributed by atoms with van der Waals surface area (Å²) in [7, 11) is 0. The van der Waals surface area contributed by atoms with Crippen LogP contribution in [0.5, 0.6) is 0 Å². The number of benzene rings is 11. The fourth-order valence-electron chi connectivity index (χ4n) is 11.8. The molecule has 298 valence electrons. The third kappa shape index (κ3) is 4.64. The largest absolute Gasteiger partial charge is 0.455 e. The zero-order chi connectivity index (χ0) is 42.1. The van der Waals surface area contributed by atoms with Crippen LogP contribution in [-0.4, -0.2) is 0 Å². The molecule has 0 unspecified atom stereocenters. The minimum atomic E-state index is -0.454. The van der Waals surface area contributed by atoms with E-state index in [0.29, 0.717) is 0 Å². The summed E-state index contributed by atoms with van der Waals surface area (Å²) in [5.74, 6) is 0. The van der Waals surface area contributed by atoms with E-state index in [1.54, 1.807) is 0 Å². The summed E-state index contributed by atoms with van der Waals surface area (Å²) < 4.78 is 6.58. The molecule has 0 N–H and O–H groups in total. The number of nitrogens with zero attached hydrogens (tertiary/aromatic N) is 1. The Morgan fingerprint density at radius 3 is 1.52 bits per heavy atom. The van der Waals surface area contributed by atoms with E-state index in [1.165, 1.54) is 82.4 Å². The number of rotatable bonds is 4. The number of furan rings is 1. The zero-order valence-electron chi connectivity index (χ0n) is 35.1. The number of anilines is 3. The first-order valence-corrected chi connectivity index (χ1v) is 22.3. The third-order valence-corrected chi connectivity index (χ3v) is 14.4. The van der Waals surface area contributed by atoms with Crippen molar-refractivity contribution in [1.29, 1.82) is 0 Å². The van der Waals surface area contributed by atoms with Gasteiger partial charge in [-0.1, -0.05) is 182 Å². The Kier molecular flexibility index (Phi) is 7.28. The predicted octanol–water partition coefficient (Wildman–Crippen LogP) is 16.8. The lowest BCUT2D eigenvalue weighted by molar-refractivity contribution is 0.670. The van der Waals surface area contributed by atoms with E-state index in [-0.39, 0.29) is 0 Å². The molecule has 0 saturated carbocycles. The maximum atomic E-state index is 6.58. The molecule has 0 bridgehead atoms. The van der Waals surface area contributed by atoms with Gasteiger partial charge in [-0.25, -0.2) is 0 Å². The van der Waals surface area contributed by atoms with Crippen molar-refractivity contribution in [2.75, 3.05) is 4.90 Å². The van der Waals surface area contributed by atoms with Crippen LogP contribution in [0.2, 0.25) is 0 Å². The summed E-state index contributed by atoms with van der Waals surface area (Å²) in [5.41, 5.74) is 18.7. The van der Waals surface area contributed by atoms with Gasteiger partial charge in [0.2, 0.25) is 0 Å². The van der Waals surface area contributed by atoms with Crippen molar-refractivity contribution in [3.8, 4) is 33.4 Å². The highest BCUT2D eigenvalue weighted by molar-refractivity contribution is 6.26. The zero-order valence-corrected chi connectivity index (χ0v) is 35.1. The van der Waals surface area contributed by atoms with E-state index in [9.17, 15) is 0 Å². The summed E-state index contributed by atoms with van der Waals surface area (Å²) in [4.78, 5) is 2.52. The second-order valence-corrected chi connectivity index (χ2v) is 17.5. The quantitative estimate of drug-likeness (QED) is 0.165. The minimum absolute atomic E-state index is 0.454. The number of fused-ring (bicyclic) bond motifs is 19. The first kappa shape index (κ1) is 35.4. The van der Waals surface area contributed by atoms with E-state index in [0.717, 1.165) is 50.1 Å². The van der Waals surface area contributed by atoms with Gasteiger partial charge in [0.25, 0.3) is 0 Å². The minimum Gasteiger partial charge on any atom is -0.455 e. The van der Waals surface area contributed by atoms with Gasteiger partial charge in [0.15, 0.2) is 0 Å². The molecule has 0 atom stereocenters. The van der Waals surface area contributed by atoms with Crippen LogP contribution in [0.25, 0.3) is 87.6 Å². The van der Waals surface area contributed by atoms with E-state index in [2.05, 4.69) is 224 Å². The van der Waals surface area contributed by atoms with Gasteiger partial charge < -0.3 is 9.32 Å². The Bertz CT molecular complexity index is 3860. The molecule has 0 aliphatic heterocycles. The highest BCUT2D eigenvalue weighted by Crippen LogP contribution is 2.64. The van der Waals surface area contributed by atoms with Crippen LogP contribution < -0.4 is 4.90 Å². The van der Waals surface area contributed by atoms with Gasteiger partial charge in [-0.3, -0.25) is 0 Å². The molecule has 0 fully saturated rings. The molecule has 2 nitrogen and oxygen atoms in total. The topological polar surface area (TPSA) is 16.4 Å². The van der Waals surface area contributed by atoms with Gasteiger partial charge in [-0.15, -0.1) is 0 Å². The summed E-state index contributed by atoms with van der Waals surface area (Å²) in [6.07, 6.45) is 0. The van der Waals surface area contributed by atoms with Gasteiger partial charge in [-0.05, 0) is 126 Å². The molecule has 11 aromatic carbocycles. The number of para-hydroxylation sites is 2. The monoisotopic (exact) mass is 813 g/mol. The third-order valence-electron chi connectivity index (χ3n) is 14.4. The van der Waals surface area contributed by atoms with E-state index in [1.807, 2.05) is 6.07 Å². The normalized spacial score (nSPS) is 13.2. The first-order valence-electron chi connectivity index (χ1n) is 22.3. The highest BCUT2D eigenvalue weighted by Gasteiger charge is 2.52. The fourth-order valence-corrected chi connectivity index (χ4v) is 11.8. The van der Waals surface area contributed by atoms with Crippen LogP contribution in [0.3, 0.4) is 0 Å². The van der Waals surface area contributed by atoms with Crippen LogP contribution in [0, 0.1) is 6.92 Å². The molecule has 1 heterocycles. The Morgan fingerprint density at radius 1 is 0.344 bits per heavy atom. The molecule has 14 rings (SSSR count). The van der Waals surface area contributed by atoms with Crippen molar-refractivity contribution < 1.29 is 4.42 Å². The molecule has 64 heavy (non-hydrogen) atoms. The van der Waals surface area contributed by atoms with Gasteiger partial charge in [0.1, 0.15) is 11.2 Å². The second-order valence-electron chi connectivity index (χ2n) is 17.5. The van der Waals surface area contributed by atoms with Crippen molar-refractivity contribution >= 4 is 71.3 Å². The summed E-state index contributed by atoms with van der Waals surface area (Å²) in [5, 5.41) is 9.84. The summed E-state index contributed by atoms with van der Waals surface area (Å²) in [6.45, 7) is 2.24. The van der Waals surface area contributed by atoms with Gasteiger partial charge in [-0.2, -0.15) is 0 Å². The van der Waals surface area contributed by atoms with Crippen LogP contribution >= 0.6 is 0 Å². The molecular formula is C62H39NO. The van der Waals surface area contributed by atoms with Crippen LogP contribution in [0.15, 0.2) is 223 Å². The average Bonchev–Trinajstić information content (AvgIpc) is 3.99. The molecule has 0 amide bonds. The Hall–Kier alpha value is -8.20. The fraction of sp³-hybridized carbons (Fsp3) is 0.0323. The maximum Gasteiger partial charge on any atom is 0.143 e. The number of aryl methyl sites for hydroxylation is 1. The lowest BCUT2D eigenvalue weighted by Gasteiger charge is -2.32. The lowest BCUT2D eigenvalue weighted by Crippen LogP contribution is -2.26. The van der Waals surface area contributed by atoms with Crippen LogP contribution in [-0.2, 0) is 5.41 Å². The van der Waals surface area contributed by atoms with E-state index < -0.39 is 5.41 Å². The molecule has 1 spiro atoms. The molecule has 0 saturated heterocycles. The Morgan fingerprint density at radius 2 is 0.828 bits per heavy atom. The molecular weight excluding hydrogens is 775 g/mol. The van der Waals surface area contributed by atoms with Gasteiger partial charge in [0, 0.05) is 33.3 Å². The van der Waals surface area contributed by atoms with Gasteiger partial charge in [0.05, 0.1) is 11.1 Å². The van der Waals surface area contributed by atoms with Crippen LogP contribution in [0.4, 0.5) is 17.1 Å². The SMILES string of the molecule is Cc1cc(N(c2ccc3c4ccccc4c4ccccc4c3c2)c2cccc3c2-c2ccccc2C32c3ccccc3-c3ccccc32)ccc1-c1cccc2c1oc1ccccc12. The van der Waals surface area contributed by atoms with E-state index in [4.69, 9.17) is 4.42 Å². The number of hydrogen-bond donors (Lipinski definition) is 0. The molecule has 1 aromatic heterocycles. The smallest absolute Gasteiger partial charge is 0.143 e. The molecule has 12 aromatic rings. The average molecular weight is 814 g/mol. The highest BCUT2D eigenvalue weighted by atomic mass is 16.3. The predicted molar refractivity (Wildman–Crippen MR) is 267 cm³/mol. The molecule has 2 heteroatoms. The number of hydrogen-bond acceptors (Lipinski definition) is 2. The molecule has 0 radical (unpaired) electrons. The first-order chi connectivity index (χ1) is 31.7. The van der Waals surface area contributed by atoms with Crippen LogP contribution in [0.1, 0.15) is 27.8 Å². The molecule has 2 aliphatic carbocycles. The summed E-state index contributed by atoms with van der Waals surface area (Å²) >= 11 is 0.